The largest absolute Gasteiger partial charge is 0.466 e. The Bertz CT molecular complexity index is 279. The van der Waals surface area contributed by atoms with Crippen molar-refractivity contribution in [3.8, 4) is 0 Å². The Labute approximate surface area is 102 Å². The van der Waals surface area contributed by atoms with Crippen molar-refractivity contribution >= 4 is 12.0 Å². The number of nitrogens with one attached hydrogen (secondary N) is 1. The molecule has 0 aromatic carbocycles. The van der Waals surface area contributed by atoms with E-state index in [0.717, 1.165) is 12.8 Å². The van der Waals surface area contributed by atoms with Gasteiger partial charge in [-0.1, -0.05) is 0 Å². The van der Waals surface area contributed by atoms with Crippen LogP contribution in [0.3, 0.4) is 0 Å². The average molecular weight is 242 g/mol. The quantitative estimate of drug-likeness (QED) is 0.761. The molecule has 0 aromatic heterocycles. The highest BCUT2D eigenvalue weighted by Gasteiger charge is 2.29. The molecule has 0 spiro atoms. The summed E-state index contributed by atoms with van der Waals surface area (Å²) in [6.07, 6.45) is 1.67. The maximum Gasteiger partial charge on any atom is 0.317 e. The van der Waals surface area contributed by atoms with Gasteiger partial charge in [-0.05, 0) is 33.6 Å². The Hall–Kier alpha value is -1.26. The van der Waals surface area contributed by atoms with Gasteiger partial charge in [0.1, 0.15) is 0 Å². The number of ether oxygens (including phenoxy) is 1. The predicted molar refractivity (Wildman–Crippen MR) is 64.6 cm³/mol. The Morgan fingerprint density at radius 2 is 2.18 bits per heavy atom. The second-order valence-corrected chi connectivity index (χ2v) is 4.64. The number of amides is 2. The van der Waals surface area contributed by atoms with Crippen LogP contribution in [0.4, 0.5) is 4.79 Å². The van der Waals surface area contributed by atoms with Gasteiger partial charge in [-0.3, -0.25) is 4.79 Å². The molecule has 5 heteroatoms. The van der Waals surface area contributed by atoms with Gasteiger partial charge in [0.2, 0.25) is 0 Å². The number of piperidine rings is 1. The second kappa shape index (κ2) is 6.47. The summed E-state index contributed by atoms with van der Waals surface area (Å²) in [5.74, 6) is -0.351. The molecule has 1 N–H and O–H groups in total. The van der Waals surface area contributed by atoms with Crippen LogP contribution in [0.2, 0.25) is 0 Å². The van der Waals surface area contributed by atoms with E-state index in [0.29, 0.717) is 19.7 Å². The van der Waals surface area contributed by atoms with E-state index >= 15 is 0 Å². The van der Waals surface area contributed by atoms with E-state index in [-0.39, 0.29) is 24.0 Å². The van der Waals surface area contributed by atoms with Crippen molar-refractivity contribution < 1.29 is 14.3 Å². The molecule has 0 unspecified atom stereocenters. The molecule has 1 atom stereocenters. The third-order valence-corrected chi connectivity index (χ3v) is 2.74. The minimum Gasteiger partial charge on any atom is -0.466 e. The Kier molecular flexibility index (Phi) is 5.25. The van der Waals surface area contributed by atoms with Gasteiger partial charge >= 0.3 is 12.0 Å². The first-order valence-electron chi connectivity index (χ1n) is 6.26. The van der Waals surface area contributed by atoms with Crippen LogP contribution >= 0.6 is 0 Å². The van der Waals surface area contributed by atoms with Crippen molar-refractivity contribution in [1.82, 2.24) is 10.2 Å². The molecule has 0 aromatic rings. The third kappa shape index (κ3) is 4.24. The molecule has 0 saturated carbocycles. The molecule has 0 radical (unpaired) electrons. The van der Waals surface area contributed by atoms with Crippen molar-refractivity contribution in [2.75, 3.05) is 19.7 Å². The summed E-state index contributed by atoms with van der Waals surface area (Å²) < 4.78 is 4.99. The molecule has 5 nitrogen and oxygen atoms in total. The van der Waals surface area contributed by atoms with Crippen LogP contribution in [0.25, 0.3) is 0 Å². The lowest BCUT2D eigenvalue weighted by atomic mass is 9.98. The first kappa shape index (κ1) is 13.8. The summed E-state index contributed by atoms with van der Waals surface area (Å²) in [5.41, 5.74) is 0. The normalized spacial score (nSPS) is 20.2. The Morgan fingerprint density at radius 3 is 2.76 bits per heavy atom. The summed E-state index contributed by atoms with van der Waals surface area (Å²) in [5, 5.41) is 2.84. The van der Waals surface area contributed by atoms with E-state index in [4.69, 9.17) is 4.74 Å². The minimum atomic E-state index is -0.186. The van der Waals surface area contributed by atoms with Gasteiger partial charge in [0, 0.05) is 19.1 Å². The molecule has 1 fully saturated rings. The molecule has 1 saturated heterocycles. The molecular formula is C12H22N2O3. The van der Waals surface area contributed by atoms with E-state index in [9.17, 15) is 9.59 Å². The summed E-state index contributed by atoms with van der Waals surface area (Å²) >= 11 is 0. The highest BCUT2D eigenvalue weighted by molar-refractivity contribution is 5.77. The van der Waals surface area contributed by atoms with Crippen molar-refractivity contribution in [3.05, 3.63) is 0 Å². The first-order valence-corrected chi connectivity index (χ1v) is 6.26. The number of urea groups is 1. The van der Waals surface area contributed by atoms with Gasteiger partial charge in [0.25, 0.3) is 0 Å². The standard InChI is InChI=1S/C12H22N2O3/c1-4-17-11(15)10-6-5-7-14(8-10)12(16)13-9(2)3/h9-10H,4-8H2,1-3H3,(H,13,16)/t10-/m0/s1. The van der Waals surface area contributed by atoms with Crippen LogP contribution in [0.15, 0.2) is 0 Å². The van der Waals surface area contributed by atoms with Gasteiger partial charge in [-0.2, -0.15) is 0 Å². The lowest BCUT2D eigenvalue weighted by Crippen LogP contribution is -2.48. The van der Waals surface area contributed by atoms with Crippen LogP contribution in [0.5, 0.6) is 0 Å². The summed E-state index contributed by atoms with van der Waals surface area (Å²) in [6, 6.07) is 0.0273. The van der Waals surface area contributed by atoms with Crippen molar-refractivity contribution in [1.29, 1.82) is 0 Å². The number of hydrogen-bond acceptors (Lipinski definition) is 3. The molecule has 1 aliphatic rings. The summed E-state index contributed by atoms with van der Waals surface area (Å²) in [4.78, 5) is 25.1. The van der Waals surface area contributed by atoms with E-state index in [1.807, 2.05) is 13.8 Å². The van der Waals surface area contributed by atoms with Crippen LogP contribution < -0.4 is 5.32 Å². The molecule has 98 valence electrons. The molecule has 0 aliphatic carbocycles. The smallest absolute Gasteiger partial charge is 0.317 e. The fourth-order valence-corrected chi connectivity index (χ4v) is 1.95. The zero-order valence-electron chi connectivity index (χ0n) is 10.9. The van der Waals surface area contributed by atoms with E-state index in [1.165, 1.54) is 0 Å². The van der Waals surface area contributed by atoms with Gasteiger partial charge in [0.15, 0.2) is 0 Å². The van der Waals surface area contributed by atoms with Crippen molar-refractivity contribution in [2.24, 2.45) is 5.92 Å². The fraction of sp³-hybridized carbons (Fsp3) is 0.833. The topological polar surface area (TPSA) is 58.6 Å². The number of esters is 1. The average Bonchev–Trinajstić information content (AvgIpc) is 2.28. The third-order valence-electron chi connectivity index (χ3n) is 2.74. The molecule has 17 heavy (non-hydrogen) atoms. The van der Waals surface area contributed by atoms with E-state index in [1.54, 1.807) is 11.8 Å². The van der Waals surface area contributed by atoms with Gasteiger partial charge in [-0.25, -0.2) is 4.79 Å². The van der Waals surface area contributed by atoms with Crippen molar-refractivity contribution in [2.45, 2.75) is 39.7 Å². The second-order valence-electron chi connectivity index (χ2n) is 4.64. The van der Waals surface area contributed by atoms with Crippen molar-refractivity contribution in [3.63, 3.8) is 0 Å². The molecule has 1 rings (SSSR count). The SMILES string of the molecule is CCOC(=O)[C@H]1CCCN(C(=O)NC(C)C)C1. The number of carbonyl (C=O) groups excluding carboxylic acids is 2. The maximum absolute atomic E-state index is 11.8. The molecule has 1 heterocycles. The lowest BCUT2D eigenvalue weighted by molar-refractivity contribution is -0.149. The van der Waals surface area contributed by atoms with Crippen LogP contribution in [-0.4, -0.2) is 42.6 Å². The van der Waals surface area contributed by atoms with Crippen LogP contribution in [-0.2, 0) is 9.53 Å². The number of likely N-dealkylation sites (tertiary alicyclic amines) is 1. The predicted octanol–water partition coefficient (Wildman–Crippen LogP) is 1.38. The molecule has 0 bridgehead atoms. The monoisotopic (exact) mass is 242 g/mol. The van der Waals surface area contributed by atoms with Gasteiger partial charge < -0.3 is 15.0 Å². The molecule has 2 amide bonds. The number of hydrogen-bond donors (Lipinski definition) is 1. The van der Waals surface area contributed by atoms with Crippen LogP contribution in [0.1, 0.15) is 33.6 Å². The zero-order valence-corrected chi connectivity index (χ0v) is 10.9. The number of rotatable bonds is 3. The Balaban J connectivity index is 2.48. The van der Waals surface area contributed by atoms with Gasteiger partial charge in [-0.15, -0.1) is 0 Å². The van der Waals surface area contributed by atoms with Gasteiger partial charge in [0.05, 0.1) is 12.5 Å². The van der Waals surface area contributed by atoms with Crippen LogP contribution in [0, 0.1) is 5.92 Å². The molecule has 1 aliphatic heterocycles. The maximum atomic E-state index is 11.8. The lowest BCUT2D eigenvalue weighted by Gasteiger charge is -2.32. The Morgan fingerprint density at radius 1 is 1.47 bits per heavy atom. The summed E-state index contributed by atoms with van der Waals surface area (Å²) in [7, 11) is 0. The highest BCUT2D eigenvalue weighted by atomic mass is 16.5. The summed E-state index contributed by atoms with van der Waals surface area (Å²) in [6.45, 7) is 7.22. The van der Waals surface area contributed by atoms with E-state index in [2.05, 4.69) is 5.32 Å². The fourth-order valence-electron chi connectivity index (χ4n) is 1.95. The first-order chi connectivity index (χ1) is 8.04. The highest BCUT2D eigenvalue weighted by Crippen LogP contribution is 2.17. The number of nitrogens with zero attached hydrogens (tertiary/aromatic N) is 1. The minimum absolute atomic E-state index is 0.0889. The zero-order chi connectivity index (χ0) is 12.8. The number of carbonyl (C=O) groups is 2. The van der Waals surface area contributed by atoms with E-state index < -0.39 is 0 Å². The molecular weight excluding hydrogens is 220 g/mol.